The van der Waals surface area contributed by atoms with Crippen LogP contribution in [0.1, 0.15) is 44.9 Å². The van der Waals surface area contributed by atoms with Gasteiger partial charge in [0.15, 0.2) is 5.69 Å². The summed E-state index contributed by atoms with van der Waals surface area (Å²) in [6.45, 7) is 12.0. The van der Waals surface area contributed by atoms with Gasteiger partial charge in [0.1, 0.15) is 0 Å². The van der Waals surface area contributed by atoms with Gasteiger partial charge in [-0.2, -0.15) is 0 Å². The number of rotatable bonds is 2. The highest BCUT2D eigenvalue weighted by Crippen LogP contribution is 2.42. The Hall–Kier alpha value is -2.79. The molecule has 1 aromatic carbocycles. The van der Waals surface area contributed by atoms with Crippen molar-refractivity contribution in [2.24, 2.45) is 5.41 Å². The summed E-state index contributed by atoms with van der Waals surface area (Å²) >= 11 is 0. The van der Waals surface area contributed by atoms with Crippen LogP contribution in [0, 0.1) is 12.0 Å². The van der Waals surface area contributed by atoms with Gasteiger partial charge in [-0.1, -0.05) is 12.1 Å². The molecule has 34 heavy (non-hydrogen) atoms. The van der Waals surface area contributed by atoms with E-state index in [9.17, 15) is 14.7 Å². The molecule has 182 valence electrons. The lowest BCUT2D eigenvalue weighted by atomic mass is 9.78. The van der Waals surface area contributed by atoms with E-state index in [-0.39, 0.29) is 24.1 Å². The van der Waals surface area contributed by atoms with Crippen LogP contribution in [-0.2, 0) is 4.79 Å². The fraction of sp³-hybridized carbons (Fsp3) is 0.654. The molecule has 1 saturated carbocycles. The monoisotopic (exact) mass is 465 g/mol. The number of hydrogen-bond acceptors (Lipinski definition) is 4. The first kappa shape index (κ1) is 23.0. The lowest BCUT2D eigenvalue weighted by Gasteiger charge is -2.43. The highest BCUT2D eigenvalue weighted by Gasteiger charge is 2.51. The van der Waals surface area contributed by atoms with Crippen molar-refractivity contribution in [3.63, 3.8) is 0 Å². The van der Waals surface area contributed by atoms with Crippen LogP contribution in [0.3, 0.4) is 0 Å². The number of carbonyl (C=O) groups excluding carboxylic acids is 2. The third-order valence-corrected chi connectivity index (χ3v) is 8.39. The third-order valence-electron chi connectivity index (χ3n) is 8.39. The van der Waals surface area contributed by atoms with E-state index < -0.39 is 5.41 Å². The molecule has 0 bridgehead atoms. The Labute approximate surface area is 201 Å². The van der Waals surface area contributed by atoms with E-state index in [1.165, 1.54) is 0 Å². The number of anilines is 1. The standard InChI is InChI=1S/C26H35N5O3/c1-27-20-3-5-21(6-4-20)28-15-17-29(18-16-28)25(34)30-13-2-11-26(19-30)12-14-31(24(26)33)22-7-9-23(32)10-8-22/h3-6,22-23,32H,2,7-19H2. The number of carbonyl (C=O) groups is 2. The molecular weight excluding hydrogens is 430 g/mol. The number of aliphatic hydroxyl groups excluding tert-OH is 1. The summed E-state index contributed by atoms with van der Waals surface area (Å²) in [4.78, 5) is 38.6. The lowest BCUT2D eigenvalue weighted by molar-refractivity contribution is -0.141. The van der Waals surface area contributed by atoms with Gasteiger partial charge >= 0.3 is 6.03 Å². The number of likely N-dealkylation sites (tertiary alicyclic amines) is 2. The minimum absolute atomic E-state index is 0.0640. The first-order chi connectivity index (χ1) is 16.5. The van der Waals surface area contributed by atoms with Gasteiger partial charge in [0.2, 0.25) is 5.91 Å². The zero-order valence-electron chi connectivity index (χ0n) is 19.9. The molecule has 3 saturated heterocycles. The molecule has 1 N–H and O–H groups in total. The number of piperazine rings is 1. The molecule has 3 aliphatic heterocycles. The van der Waals surface area contributed by atoms with E-state index in [0.29, 0.717) is 25.3 Å². The second-order valence-corrected chi connectivity index (χ2v) is 10.4. The molecule has 0 radical (unpaired) electrons. The zero-order valence-corrected chi connectivity index (χ0v) is 19.9. The van der Waals surface area contributed by atoms with Crippen LogP contribution in [0.4, 0.5) is 16.2 Å². The van der Waals surface area contributed by atoms with Crippen LogP contribution in [0.25, 0.3) is 4.85 Å². The van der Waals surface area contributed by atoms with Gasteiger partial charge in [-0.3, -0.25) is 4.79 Å². The molecule has 3 amide bonds. The Bertz CT molecular complexity index is 944. The van der Waals surface area contributed by atoms with E-state index >= 15 is 0 Å². The first-order valence-electron chi connectivity index (χ1n) is 12.7. The molecule has 1 atom stereocenters. The molecule has 3 heterocycles. The Morgan fingerprint density at radius 1 is 0.941 bits per heavy atom. The van der Waals surface area contributed by atoms with Crippen LogP contribution in [0.15, 0.2) is 24.3 Å². The van der Waals surface area contributed by atoms with Gasteiger partial charge in [-0.25, -0.2) is 9.64 Å². The number of aliphatic hydroxyl groups is 1. The maximum Gasteiger partial charge on any atom is 0.320 e. The summed E-state index contributed by atoms with van der Waals surface area (Å²) < 4.78 is 0. The second-order valence-electron chi connectivity index (χ2n) is 10.4. The molecule has 0 aromatic heterocycles. The summed E-state index contributed by atoms with van der Waals surface area (Å²) in [5, 5.41) is 9.83. The van der Waals surface area contributed by atoms with Crippen molar-refractivity contribution in [2.45, 2.75) is 57.1 Å². The molecule has 8 heteroatoms. The van der Waals surface area contributed by atoms with Gasteiger partial charge in [0.25, 0.3) is 0 Å². The Balaban J connectivity index is 1.18. The number of piperidine rings is 1. The third kappa shape index (κ3) is 4.34. The van der Waals surface area contributed by atoms with E-state index in [1.807, 2.05) is 34.1 Å². The minimum Gasteiger partial charge on any atom is -0.393 e. The Morgan fingerprint density at radius 3 is 2.32 bits per heavy atom. The molecule has 1 unspecified atom stereocenters. The fourth-order valence-corrected chi connectivity index (χ4v) is 6.33. The van der Waals surface area contributed by atoms with Gasteiger partial charge < -0.3 is 24.7 Å². The SMILES string of the molecule is [C-]#[N+]c1ccc(N2CCN(C(=O)N3CCCC4(CCN(C5CCC(O)CC5)C4=O)C3)CC2)cc1. The van der Waals surface area contributed by atoms with E-state index in [2.05, 4.69) is 14.6 Å². The largest absolute Gasteiger partial charge is 0.393 e. The smallest absolute Gasteiger partial charge is 0.320 e. The van der Waals surface area contributed by atoms with Crippen LogP contribution in [0.5, 0.6) is 0 Å². The predicted octanol–water partition coefficient (Wildman–Crippen LogP) is 3.10. The van der Waals surface area contributed by atoms with Crippen molar-refractivity contribution in [1.82, 2.24) is 14.7 Å². The second kappa shape index (κ2) is 9.46. The summed E-state index contributed by atoms with van der Waals surface area (Å²) in [6, 6.07) is 7.94. The highest BCUT2D eigenvalue weighted by molar-refractivity contribution is 5.86. The van der Waals surface area contributed by atoms with Gasteiger partial charge in [-0.05, 0) is 57.1 Å². The summed E-state index contributed by atoms with van der Waals surface area (Å²) in [6.07, 6.45) is 5.70. The highest BCUT2D eigenvalue weighted by atomic mass is 16.3. The normalized spacial score (nSPS) is 30.1. The van der Waals surface area contributed by atoms with Crippen molar-refractivity contribution < 1.29 is 14.7 Å². The van der Waals surface area contributed by atoms with Crippen LogP contribution < -0.4 is 4.90 Å². The maximum absolute atomic E-state index is 13.5. The van der Waals surface area contributed by atoms with Crippen LogP contribution in [-0.4, -0.2) is 89.7 Å². The molecular formula is C26H35N5O3. The zero-order chi connectivity index (χ0) is 23.7. The summed E-state index contributed by atoms with van der Waals surface area (Å²) in [5.74, 6) is 0.235. The predicted molar refractivity (Wildman–Crippen MR) is 130 cm³/mol. The van der Waals surface area contributed by atoms with E-state index in [0.717, 1.165) is 76.8 Å². The fourth-order valence-electron chi connectivity index (χ4n) is 6.33. The number of urea groups is 1. The van der Waals surface area contributed by atoms with Crippen molar-refractivity contribution >= 4 is 23.3 Å². The molecule has 4 fully saturated rings. The van der Waals surface area contributed by atoms with E-state index in [4.69, 9.17) is 6.57 Å². The van der Waals surface area contributed by atoms with Gasteiger partial charge in [-0.15, -0.1) is 0 Å². The van der Waals surface area contributed by atoms with Gasteiger partial charge in [0, 0.05) is 57.5 Å². The summed E-state index contributed by atoms with van der Waals surface area (Å²) in [5.41, 5.74) is 1.30. The van der Waals surface area contributed by atoms with Crippen molar-refractivity contribution in [3.8, 4) is 0 Å². The molecule has 1 aromatic rings. The quantitative estimate of drug-likeness (QED) is 0.682. The van der Waals surface area contributed by atoms with Crippen molar-refractivity contribution in [2.75, 3.05) is 50.7 Å². The number of benzene rings is 1. The molecule has 1 spiro atoms. The first-order valence-corrected chi connectivity index (χ1v) is 12.7. The van der Waals surface area contributed by atoms with Crippen LogP contribution in [0.2, 0.25) is 0 Å². The lowest BCUT2D eigenvalue weighted by Crippen LogP contribution is -2.57. The number of nitrogens with zero attached hydrogens (tertiary/aromatic N) is 5. The number of amides is 3. The van der Waals surface area contributed by atoms with Gasteiger partial charge in [0.05, 0.1) is 18.1 Å². The summed E-state index contributed by atoms with van der Waals surface area (Å²) in [7, 11) is 0. The Kier molecular flexibility index (Phi) is 6.39. The number of hydrogen-bond donors (Lipinski definition) is 1. The molecule has 4 aliphatic rings. The molecule has 8 nitrogen and oxygen atoms in total. The average Bonchev–Trinajstić information content (AvgIpc) is 3.19. The topological polar surface area (TPSA) is 71.7 Å². The van der Waals surface area contributed by atoms with Crippen molar-refractivity contribution in [3.05, 3.63) is 35.7 Å². The maximum atomic E-state index is 13.5. The molecule has 1 aliphatic carbocycles. The molecule has 5 rings (SSSR count). The minimum atomic E-state index is -0.420. The van der Waals surface area contributed by atoms with Crippen molar-refractivity contribution in [1.29, 1.82) is 0 Å². The van der Waals surface area contributed by atoms with E-state index in [1.54, 1.807) is 0 Å². The Morgan fingerprint density at radius 2 is 1.65 bits per heavy atom. The van der Waals surface area contributed by atoms with Crippen LogP contribution >= 0.6 is 0 Å². The average molecular weight is 466 g/mol.